The molecule has 3 saturated carbocycles. The molecule has 4 aliphatic carbocycles. The van der Waals surface area contributed by atoms with Gasteiger partial charge in [-0.05, 0) is 92.8 Å². The first-order chi connectivity index (χ1) is 26.4. The molecule has 17 heteroatoms. The zero-order valence-corrected chi connectivity index (χ0v) is 38.2. The molecule has 3 aliphatic heterocycles. The number of aliphatic hydroxyl groups is 4. The number of esters is 1. The zero-order chi connectivity index (χ0) is 41.8. The molecule has 3 heterocycles. The summed E-state index contributed by atoms with van der Waals surface area (Å²) in [5.74, 6) is 0.0415. The van der Waals surface area contributed by atoms with Crippen molar-refractivity contribution in [3.63, 3.8) is 0 Å². The number of rotatable bonds is 10. The number of cyclic esters (lactones) is 1. The van der Waals surface area contributed by atoms with E-state index in [9.17, 15) is 43.0 Å². The van der Waals surface area contributed by atoms with Crippen molar-refractivity contribution in [3.8, 4) is 0 Å². The number of Topliss-reactive ketones (excluding diaryl/α,β-unsaturated/α-hetero) is 1. The smallest absolute Gasteiger partial charge is 0.726 e. The number of aliphatic hydroxyl groups excluding tert-OH is 4. The van der Waals surface area contributed by atoms with Gasteiger partial charge >= 0.3 is 35.5 Å². The third-order valence-corrected chi connectivity index (χ3v) is 16.3. The summed E-state index contributed by atoms with van der Waals surface area (Å²) < 4.78 is 69.6. The van der Waals surface area contributed by atoms with Crippen molar-refractivity contribution in [1.29, 1.82) is 0 Å². The summed E-state index contributed by atoms with van der Waals surface area (Å²) in [7, 11) is -5.27. The summed E-state index contributed by atoms with van der Waals surface area (Å²) in [4.78, 5) is 28.4. The van der Waals surface area contributed by atoms with Crippen LogP contribution >= 0.6 is 0 Å². The number of carbonyl (C=O) groups is 2. The van der Waals surface area contributed by atoms with Crippen molar-refractivity contribution in [2.45, 2.75) is 180 Å². The van der Waals surface area contributed by atoms with Gasteiger partial charge in [-0.25, -0.2) is 8.42 Å². The van der Waals surface area contributed by atoms with E-state index >= 15 is 0 Å². The first kappa shape index (κ1) is 46.9. The van der Waals surface area contributed by atoms with E-state index in [1.54, 1.807) is 0 Å². The molecule has 0 aromatic carbocycles. The maximum atomic E-state index is 14.2. The summed E-state index contributed by atoms with van der Waals surface area (Å²) >= 11 is 0. The molecule has 1 spiro atoms. The van der Waals surface area contributed by atoms with Gasteiger partial charge < -0.3 is 48.7 Å². The fraction of sp³-hybridized carbons (Fsp3) is 0.902. The van der Waals surface area contributed by atoms with Crippen molar-refractivity contribution in [2.75, 3.05) is 6.61 Å². The van der Waals surface area contributed by atoms with Crippen molar-refractivity contribution < 1.29 is 100 Å². The van der Waals surface area contributed by atoms with Crippen molar-refractivity contribution >= 4 is 22.2 Å². The number of ether oxygens (including phenoxy) is 5. The third-order valence-electron chi connectivity index (χ3n) is 15.8. The molecule has 0 amide bonds. The number of hydrogen-bond donors (Lipinski definition) is 4. The molecule has 7 rings (SSSR count). The van der Waals surface area contributed by atoms with Crippen LogP contribution in [0.25, 0.3) is 0 Å². The van der Waals surface area contributed by atoms with Gasteiger partial charge in [-0.1, -0.05) is 59.6 Å². The van der Waals surface area contributed by atoms with E-state index < -0.39 is 106 Å². The summed E-state index contributed by atoms with van der Waals surface area (Å²) in [6.45, 7) is 15.9. The van der Waals surface area contributed by atoms with Gasteiger partial charge in [0.15, 0.2) is 12.6 Å². The predicted octanol–water partition coefficient (Wildman–Crippen LogP) is 0.0570. The van der Waals surface area contributed by atoms with Crippen LogP contribution in [-0.2, 0) is 47.9 Å². The Labute approximate surface area is 364 Å². The minimum Gasteiger partial charge on any atom is -0.726 e. The van der Waals surface area contributed by atoms with E-state index in [2.05, 4.69) is 51.8 Å². The minimum atomic E-state index is -5.27. The molecule has 0 bridgehead atoms. The second kappa shape index (κ2) is 16.2. The number of carbonyl (C=O) groups excluding carboxylic acids is 2. The normalized spacial score (nSPS) is 48.6. The summed E-state index contributed by atoms with van der Waals surface area (Å²) in [6.07, 6.45) is -5.79. The molecular formula is C41H63NaO15S. The Hall–Kier alpha value is -0.570. The van der Waals surface area contributed by atoms with Gasteiger partial charge in [0.05, 0.1) is 30.1 Å². The average molecular weight is 851 g/mol. The van der Waals surface area contributed by atoms with Gasteiger partial charge in [-0.2, -0.15) is 0 Å². The monoisotopic (exact) mass is 850 g/mol. The second-order valence-electron chi connectivity index (χ2n) is 19.9. The van der Waals surface area contributed by atoms with Crippen molar-refractivity contribution in [2.24, 2.45) is 45.3 Å². The van der Waals surface area contributed by atoms with Crippen LogP contribution in [-0.4, -0.2) is 119 Å². The first-order valence-corrected chi connectivity index (χ1v) is 22.2. The third kappa shape index (κ3) is 7.45. The molecule has 0 unspecified atom stereocenters. The summed E-state index contributed by atoms with van der Waals surface area (Å²) in [5.41, 5.74) is -1.82. The molecule has 0 aromatic rings. The van der Waals surface area contributed by atoms with Crippen LogP contribution in [0.1, 0.15) is 113 Å². The second-order valence-corrected chi connectivity index (χ2v) is 20.9. The maximum Gasteiger partial charge on any atom is 1.00 e. The molecule has 324 valence electrons. The molecule has 15 nitrogen and oxygen atoms in total. The van der Waals surface area contributed by atoms with Crippen LogP contribution in [0, 0.1) is 45.3 Å². The Morgan fingerprint density at radius 2 is 1.64 bits per heavy atom. The van der Waals surface area contributed by atoms with Crippen molar-refractivity contribution in [3.05, 3.63) is 11.6 Å². The van der Waals surface area contributed by atoms with E-state index in [-0.39, 0.29) is 58.6 Å². The van der Waals surface area contributed by atoms with Gasteiger partial charge in [0.25, 0.3) is 0 Å². The Morgan fingerprint density at radius 3 is 2.29 bits per heavy atom. The summed E-state index contributed by atoms with van der Waals surface area (Å²) in [6, 6.07) is 0. The van der Waals surface area contributed by atoms with Gasteiger partial charge in [0.1, 0.15) is 48.0 Å². The van der Waals surface area contributed by atoms with Gasteiger partial charge in [0, 0.05) is 6.42 Å². The van der Waals surface area contributed by atoms with Crippen LogP contribution < -0.4 is 29.6 Å². The summed E-state index contributed by atoms with van der Waals surface area (Å²) in [5, 5.41) is 42.7. The van der Waals surface area contributed by atoms with Gasteiger partial charge in [0.2, 0.25) is 10.4 Å². The van der Waals surface area contributed by atoms with E-state index in [4.69, 9.17) is 23.7 Å². The van der Waals surface area contributed by atoms with E-state index in [1.165, 1.54) is 12.5 Å². The van der Waals surface area contributed by atoms with E-state index in [1.807, 2.05) is 6.92 Å². The van der Waals surface area contributed by atoms with Crippen LogP contribution in [0.3, 0.4) is 0 Å². The average Bonchev–Trinajstić information content (AvgIpc) is 3.50. The molecule has 6 fully saturated rings. The van der Waals surface area contributed by atoms with Gasteiger partial charge in [-0.3, -0.25) is 13.8 Å². The van der Waals surface area contributed by atoms with Crippen LogP contribution in [0.15, 0.2) is 11.6 Å². The van der Waals surface area contributed by atoms with E-state index in [0.717, 1.165) is 25.7 Å². The molecular weight excluding hydrogens is 787 g/mol. The quantitative estimate of drug-likeness (QED) is 0.0569. The van der Waals surface area contributed by atoms with Crippen LogP contribution in [0.4, 0.5) is 0 Å². The predicted molar refractivity (Wildman–Crippen MR) is 199 cm³/mol. The minimum absolute atomic E-state index is 0. The molecule has 17 atom stereocenters. The van der Waals surface area contributed by atoms with Gasteiger partial charge in [-0.15, -0.1) is 0 Å². The fourth-order valence-electron chi connectivity index (χ4n) is 12.9. The number of hydrogen-bond acceptors (Lipinski definition) is 15. The Bertz CT molecular complexity index is 1720. The maximum absolute atomic E-state index is 14.2. The van der Waals surface area contributed by atoms with Crippen LogP contribution in [0.5, 0.6) is 0 Å². The Morgan fingerprint density at radius 1 is 0.948 bits per heavy atom. The first-order valence-electron chi connectivity index (χ1n) is 20.8. The standard InChI is InChI=1S/C41H64O15S.Na/c1-20(2)10-9-15-40(8)33-24(42)18-39(7)23-11-12-26-37(4,5)27(14-16-38(26,6)22(23)13-17-41(33,39)36(47)55-40)53-35-32(29(44)25(19-51-35)56-57(48,49)50)54-34-31(46)30(45)28(43)21(3)52-34;/h13,20-21,23,25-35,43-46H,9-12,14-19H2,1-8H3,(H,48,49,50);/q;+1/p-1/t21-,23-,25-,26+,27+,28-,29+,30+,31-,32-,33-,34-,35+,38-,39+,40+,41-;/m1./s1. The fourth-order valence-corrected chi connectivity index (χ4v) is 13.4. The zero-order valence-electron chi connectivity index (χ0n) is 35.4. The molecule has 0 aromatic heterocycles. The molecule has 7 aliphatic rings. The molecule has 58 heavy (non-hydrogen) atoms. The van der Waals surface area contributed by atoms with Crippen molar-refractivity contribution in [1.82, 2.24) is 0 Å². The SMILES string of the molecule is CC(C)CCC[C@]1(C)OC(=O)[C@]23CC=C4[C@@H](CC[C@H]5C(C)(C)[C@@H](O[C@@H]6OC[C@@H](OS(=O)(=O)[O-])[C@H](O)[C@H]6O[C@H]6O[C@H](C)[C@@H](O)[C@H](O)[C@H]6O)CC[C@]45C)[C@]2(C)CC(=O)[C@@H]31.[Na+]. The molecule has 0 radical (unpaired) electrons. The Balaban J connectivity index is 0.00000567. The van der Waals surface area contributed by atoms with E-state index in [0.29, 0.717) is 38.0 Å². The number of allylic oxidation sites excluding steroid dienone is 2. The topological polar surface area (TPSA) is 228 Å². The molecule has 3 saturated heterocycles. The number of fused-ring (bicyclic) bond motifs is 4. The molecule has 4 N–H and O–H groups in total. The number of ketones is 1. The van der Waals surface area contributed by atoms with Crippen LogP contribution in [0.2, 0.25) is 0 Å². The largest absolute Gasteiger partial charge is 1.00 e. The Kier molecular flexibility index (Phi) is 13.1.